The third-order valence-corrected chi connectivity index (χ3v) is 4.46. The number of para-hydroxylation sites is 1. The molecule has 0 bridgehead atoms. The summed E-state index contributed by atoms with van der Waals surface area (Å²) in [6.45, 7) is 6.77. The Bertz CT molecular complexity index is 595. The molecule has 3 nitrogen and oxygen atoms in total. The minimum Gasteiger partial charge on any atom is -0.369 e. The lowest BCUT2D eigenvalue weighted by atomic mass is 9.87. The molecule has 0 radical (unpaired) electrons. The van der Waals surface area contributed by atoms with Crippen LogP contribution in [0.2, 0.25) is 0 Å². The minimum absolute atomic E-state index is 0.311. The van der Waals surface area contributed by atoms with Crippen LogP contribution in [-0.2, 0) is 0 Å². The monoisotopic (exact) mass is 243 g/mol. The third-order valence-electron chi connectivity index (χ3n) is 4.46. The van der Waals surface area contributed by atoms with E-state index in [0.29, 0.717) is 17.4 Å². The molecular weight excluding hydrogens is 222 g/mol. The molecule has 0 aliphatic heterocycles. The van der Waals surface area contributed by atoms with Gasteiger partial charge in [-0.25, -0.2) is 4.98 Å². The van der Waals surface area contributed by atoms with Crippen molar-refractivity contribution in [2.75, 3.05) is 5.73 Å². The van der Waals surface area contributed by atoms with E-state index in [1.54, 1.807) is 0 Å². The molecule has 3 rings (SSSR count). The first kappa shape index (κ1) is 11.6. The number of rotatable bonds is 1. The molecule has 1 atom stereocenters. The summed E-state index contributed by atoms with van der Waals surface area (Å²) in [4.78, 5) is 4.56. The fraction of sp³-hybridized carbons (Fsp3) is 0.533. The molecule has 1 aliphatic carbocycles. The van der Waals surface area contributed by atoms with Gasteiger partial charge < -0.3 is 10.3 Å². The molecule has 2 N–H and O–H groups in total. The van der Waals surface area contributed by atoms with Gasteiger partial charge in [0.05, 0.1) is 11.0 Å². The van der Waals surface area contributed by atoms with Crippen LogP contribution in [0.3, 0.4) is 0 Å². The summed E-state index contributed by atoms with van der Waals surface area (Å²) >= 11 is 0. The molecule has 1 fully saturated rings. The zero-order chi connectivity index (χ0) is 12.9. The van der Waals surface area contributed by atoms with Crippen molar-refractivity contribution in [1.82, 2.24) is 9.55 Å². The zero-order valence-corrected chi connectivity index (χ0v) is 11.4. The highest BCUT2D eigenvalue weighted by molar-refractivity contribution is 5.81. The highest BCUT2D eigenvalue weighted by Crippen LogP contribution is 2.47. The predicted molar refractivity (Wildman–Crippen MR) is 75.6 cm³/mol. The second-order valence-corrected chi connectivity index (χ2v) is 6.18. The van der Waals surface area contributed by atoms with Crippen LogP contribution in [0.15, 0.2) is 18.2 Å². The van der Waals surface area contributed by atoms with E-state index in [2.05, 4.69) is 48.5 Å². The van der Waals surface area contributed by atoms with Crippen LogP contribution in [0.1, 0.15) is 44.7 Å². The van der Waals surface area contributed by atoms with Gasteiger partial charge in [0.1, 0.15) is 0 Å². The molecule has 0 saturated heterocycles. The van der Waals surface area contributed by atoms with Crippen LogP contribution in [0, 0.1) is 12.3 Å². The Hall–Kier alpha value is -1.51. The highest BCUT2D eigenvalue weighted by atomic mass is 15.2. The maximum absolute atomic E-state index is 6.18. The number of imidazole rings is 1. The predicted octanol–water partition coefficient (Wildman–Crippen LogP) is 3.68. The van der Waals surface area contributed by atoms with Gasteiger partial charge in [-0.2, -0.15) is 0 Å². The number of nitrogens with two attached hydrogens (primary N) is 1. The molecule has 18 heavy (non-hydrogen) atoms. The van der Waals surface area contributed by atoms with Crippen molar-refractivity contribution in [2.24, 2.45) is 5.41 Å². The second kappa shape index (κ2) is 3.74. The van der Waals surface area contributed by atoms with Gasteiger partial charge in [0, 0.05) is 6.04 Å². The van der Waals surface area contributed by atoms with Gasteiger partial charge in [0.25, 0.3) is 0 Å². The summed E-state index contributed by atoms with van der Waals surface area (Å²) in [7, 11) is 0. The highest BCUT2D eigenvalue weighted by Gasteiger charge is 2.37. The normalized spacial score (nSPS) is 22.7. The molecule has 1 unspecified atom stereocenters. The number of hydrogen-bond donors (Lipinski definition) is 1. The Morgan fingerprint density at radius 3 is 2.83 bits per heavy atom. The Labute approximate surface area is 108 Å². The molecule has 0 amide bonds. The summed E-state index contributed by atoms with van der Waals surface area (Å²) in [5, 5.41) is 0. The molecule has 1 aromatic heterocycles. The Morgan fingerprint density at radius 2 is 2.17 bits per heavy atom. The Kier molecular flexibility index (Phi) is 2.40. The van der Waals surface area contributed by atoms with Crippen molar-refractivity contribution in [3.8, 4) is 0 Å². The summed E-state index contributed by atoms with van der Waals surface area (Å²) < 4.78 is 2.26. The molecular formula is C15H21N3. The summed E-state index contributed by atoms with van der Waals surface area (Å²) in [6.07, 6.45) is 3.75. The van der Waals surface area contributed by atoms with E-state index < -0.39 is 0 Å². The molecule has 96 valence electrons. The Morgan fingerprint density at radius 1 is 1.39 bits per heavy atom. The van der Waals surface area contributed by atoms with E-state index in [4.69, 9.17) is 5.73 Å². The number of fused-ring (bicyclic) bond motifs is 1. The summed E-state index contributed by atoms with van der Waals surface area (Å²) in [5.41, 5.74) is 9.93. The van der Waals surface area contributed by atoms with Gasteiger partial charge in [-0.1, -0.05) is 32.4 Å². The fourth-order valence-corrected chi connectivity index (χ4v) is 3.39. The maximum Gasteiger partial charge on any atom is 0.201 e. The van der Waals surface area contributed by atoms with Crippen molar-refractivity contribution in [2.45, 2.75) is 46.1 Å². The number of hydrogen-bond acceptors (Lipinski definition) is 2. The molecule has 1 saturated carbocycles. The average molecular weight is 243 g/mol. The Balaban J connectivity index is 2.23. The lowest BCUT2D eigenvalue weighted by molar-refractivity contribution is 0.268. The molecule has 3 heteroatoms. The van der Waals surface area contributed by atoms with E-state index in [9.17, 15) is 0 Å². The second-order valence-electron chi connectivity index (χ2n) is 6.18. The first-order valence-electron chi connectivity index (χ1n) is 6.74. The van der Waals surface area contributed by atoms with E-state index >= 15 is 0 Å². The number of nitrogens with zero attached hydrogens (tertiary/aromatic N) is 2. The standard InChI is InChI=1S/C15H21N3/c1-10-6-4-7-11-13(10)17-14(16)18(11)12-8-5-9-15(12,2)3/h4,6-7,12H,5,8-9H2,1-3H3,(H2,16,17). The van der Waals surface area contributed by atoms with Crippen molar-refractivity contribution in [3.05, 3.63) is 23.8 Å². The third kappa shape index (κ3) is 1.53. The number of aromatic nitrogens is 2. The minimum atomic E-state index is 0.311. The number of aryl methyl sites for hydroxylation is 1. The summed E-state index contributed by atoms with van der Waals surface area (Å²) in [6, 6.07) is 6.81. The fourth-order valence-electron chi connectivity index (χ4n) is 3.39. The van der Waals surface area contributed by atoms with E-state index in [1.807, 2.05) is 0 Å². The van der Waals surface area contributed by atoms with E-state index in [-0.39, 0.29) is 0 Å². The lowest BCUT2D eigenvalue weighted by Gasteiger charge is -2.29. The molecule has 1 aliphatic rings. The van der Waals surface area contributed by atoms with Crippen molar-refractivity contribution in [3.63, 3.8) is 0 Å². The maximum atomic E-state index is 6.18. The van der Waals surface area contributed by atoms with E-state index in [1.165, 1.54) is 30.3 Å². The van der Waals surface area contributed by atoms with Gasteiger partial charge in [0.15, 0.2) is 0 Å². The van der Waals surface area contributed by atoms with Crippen LogP contribution in [0.5, 0.6) is 0 Å². The lowest BCUT2D eigenvalue weighted by Crippen LogP contribution is -2.22. The topological polar surface area (TPSA) is 43.8 Å². The van der Waals surface area contributed by atoms with Crippen molar-refractivity contribution >= 4 is 17.0 Å². The van der Waals surface area contributed by atoms with Gasteiger partial charge in [0.2, 0.25) is 5.95 Å². The van der Waals surface area contributed by atoms with Crippen LogP contribution in [-0.4, -0.2) is 9.55 Å². The number of benzene rings is 1. The molecule has 0 spiro atoms. The van der Waals surface area contributed by atoms with E-state index in [0.717, 1.165) is 5.52 Å². The van der Waals surface area contributed by atoms with Crippen LogP contribution >= 0.6 is 0 Å². The number of anilines is 1. The first-order valence-corrected chi connectivity index (χ1v) is 6.74. The average Bonchev–Trinajstić information content (AvgIpc) is 2.79. The quantitative estimate of drug-likeness (QED) is 0.830. The molecule has 1 heterocycles. The van der Waals surface area contributed by atoms with Crippen molar-refractivity contribution in [1.29, 1.82) is 0 Å². The molecule has 1 aromatic carbocycles. The van der Waals surface area contributed by atoms with Gasteiger partial charge in [-0.05, 0) is 36.8 Å². The molecule has 2 aromatic rings. The smallest absolute Gasteiger partial charge is 0.201 e. The largest absolute Gasteiger partial charge is 0.369 e. The van der Waals surface area contributed by atoms with Gasteiger partial charge in [-0.3, -0.25) is 0 Å². The van der Waals surface area contributed by atoms with Gasteiger partial charge in [-0.15, -0.1) is 0 Å². The van der Waals surface area contributed by atoms with Crippen LogP contribution in [0.25, 0.3) is 11.0 Å². The first-order chi connectivity index (χ1) is 8.50. The van der Waals surface area contributed by atoms with Crippen molar-refractivity contribution < 1.29 is 0 Å². The SMILES string of the molecule is Cc1cccc2c1nc(N)n2C1CCCC1(C)C. The van der Waals surface area contributed by atoms with Crippen LogP contribution in [0.4, 0.5) is 5.95 Å². The zero-order valence-electron chi connectivity index (χ0n) is 11.4. The van der Waals surface area contributed by atoms with Gasteiger partial charge >= 0.3 is 0 Å². The number of nitrogen functional groups attached to an aromatic ring is 1. The van der Waals surface area contributed by atoms with Crippen LogP contribution < -0.4 is 5.73 Å². The summed E-state index contributed by atoms with van der Waals surface area (Å²) in [5.74, 6) is 0.666.